The maximum Gasteiger partial charge on any atom is 0.244 e. The van der Waals surface area contributed by atoms with Crippen LogP contribution in [0.3, 0.4) is 0 Å². The molecule has 2 aromatic carbocycles. The minimum absolute atomic E-state index is 0.00895. The van der Waals surface area contributed by atoms with Gasteiger partial charge in [-0.2, -0.15) is 4.72 Å². The summed E-state index contributed by atoms with van der Waals surface area (Å²) in [6.45, 7) is 0. The van der Waals surface area contributed by atoms with E-state index >= 15 is 0 Å². The highest BCUT2D eigenvalue weighted by Gasteiger charge is 2.30. The van der Waals surface area contributed by atoms with Crippen LogP contribution in [0.4, 0.5) is 0 Å². The zero-order valence-electron chi connectivity index (χ0n) is 15.2. The van der Waals surface area contributed by atoms with Gasteiger partial charge in [0.1, 0.15) is 10.9 Å². The lowest BCUT2D eigenvalue weighted by atomic mass is 10.1. The Labute approximate surface area is 175 Å². The van der Waals surface area contributed by atoms with Gasteiger partial charge in [-0.1, -0.05) is 72.4 Å². The molecule has 0 bridgehead atoms. The smallest absolute Gasteiger partial charge is 0.244 e. The van der Waals surface area contributed by atoms with Crippen molar-refractivity contribution in [1.82, 2.24) is 10.0 Å². The molecule has 0 saturated heterocycles. The quantitative estimate of drug-likeness (QED) is 0.684. The second kappa shape index (κ2) is 9.27. The van der Waals surface area contributed by atoms with Gasteiger partial charge in [-0.15, -0.1) is 0 Å². The van der Waals surface area contributed by atoms with Crippen molar-refractivity contribution in [1.29, 1.82) is 0 Å². The summed E-state index contributed by atoms with van der Waals surface area (Å²) >= 11 is 12.1. The van der Waals surface area contributed by atoms with Gasteiger partial charge in [0.15, 0.2) is 0 Å². The van der Waals surface area contributed by atoms with Crippen molar-refractivity contribution in [2.24, 2.45) is 0 Å². The van der Waals surface area contributed by atoms with Crippen LogP contribution in [0.15, 0.2) is 53.4 Å². The third-order valence-corrected chi connectivity index (χ3v) is 7.21. The third kappa shape index (κ3) is 5.26. The first-order valence-electron chi connectivity index (χ1n) is 9.17. The summed E-state index contributed by atoms with van der Waals surface area (Å²) in [6.07, 6.45) is 4.17. The summed E-state index contributed by atoms with van der Waals surface area (Å²) in [5.74, 6) is -0.345. The van der Waals surface area contributed by atoms with Gasteiger partial charge in [0.25, 0.3) is 0 Å². The van der Waals surface area contributed by atoms with E-state index in [0.29, 0.717) is 0 Å². The van der Waals surface area contributed by atoms with Crippen LogP contribution in [0.2, 0.25) is 10.0 Å². The second-order valence-electron chi connectivity index (χ2n) is 6.90. The van der Waals surface area contributed by atoms with Crippen LogP contribution in [0, 0.1) is 0 Å². The minimum atomic E-state index is -4.09. The molecule has 0 spiro atoms. The molecule has 0 unspecified atom stereocenters. The number of benzene rings is 2. The van der Waals surface area contributed by atoms with E-state index in [1.165, 1.54) is 12.1 Å². The minimum Gasteiger partial charge on any atom is -0.352 e. The Kier molecular flexibility index (Phi) is 6.99. The molecule has 0 aromatic heterocycles. The van der Waals surface area contributed by atoms with Gasteiger partial charge in [0.05, 0.1) is 10.0 Å². The Morgan fingerprint density at radius 1 is 1.00 bits per heavy atom. The van der Waals surface area contributed by atoms with E-state index in [-0.39, 0.29) is 33.3 Å². The largest absolute Gasteiger partial charge is 0.352 e. The third-order valence-electron chi connectivity index (χ3n) is 4.79. The molecule has 2 aromatic rings. The molecule has 2 N–H and O–H groups in total. The first-order chi connectivity index (χ1) is 13.4. The van der Waals surface area contributed by atoms with Crippen LogP contribution in [0.25, 0.3) is 0 Å². The van der Waals surface area contributed by atoms with E-state index in [4.69, 9.17) is 23.2 Å². The van der Waals surface area contributed by atoms with Crippen molar-refractivity contribution in [2.75, 3.05) is 0 Å². The van der Waals surface area contributed by atoms with Crippen LogP contribution >= 0.6 is 23.2 Å². The Bertz CT molecular complexity index is 909. The monoisotopic (exact) mass is 440 g/mol. The van der Waals surface area contributed by atoms with Gasteiger partial charge in [0.2, 0.25) is 15.9 Å². The predicted molar refractivity (Wildman–Crippen MR) is 111 cm³/mol. The van der Waals surface area contributed by atoms with Crippen molar-refractivity contribution >= 4 is 39.1 Å². The Hall–Kier alpha value is -1.60. The number of hydrogen-bond donors (Lipinski definition) is 2. The molecule has 0 aliphatic heterocycles. The van der Waals surface area contributed by atoms with Crippen molar-refractivity contribution < 1.29 is 13.2 Å². The van der Waals surface area contributed by atoms with Gasteiger partial charge in [-0.3, -0.25) is 4.79 Å². The second-order valence-corrected chi connectivity index (χ2v) is 9.37. The molecule has 1 atom stereocenters. The van der Waals surface area contributed by atoms with Gasteiger partial charge >= 0.3 is 0 Å². The highest BCUT2D eigenvalue weighted by molar-refractivity contribution is 7.89. The molecule has 1 amide bonds. The van der Waals surface area contributed by atoms with Crippen molar-refractivity contribution in [3.8, 4) is 0 Å². The van der Waals surface area contributed by atoms with Crippen LogP contribution in [-0.2, 0) is 21.2 Å². The zero-order chi connectivity index (χ0) is 20.1. The molecule has 8 heteroatoms. The maximum atomic E-state index is 13.0. The number of nitrogens with one attached hydrogen (secondary N) is 2. The molecule has 0 radical (unpaired) electrons. The molecule has 1 aliphatic carbocycles. The summed E-state index contributed by atoms with van der Waals surface area (Å²) in [4.78, 5) is 12.7. The highest BCUT2D eigenvalue weighted by Crippen LogP contribution is 2.29. The average Bonchev–Trinajstić information content (AvgIpc) is 3.14. The molecule has 0 heterocycles. The number of hydrogen-bond acceptors (Lipinski definition) is 3. The predicted octanol–water partition coefficient (Wildman–Crippen LogP) is 3.94. The molecule has 5 nitrogen and oxygen atoms in total. The zero-order valence-corrected chi connectivity index (χ0v) is 17.5. The molecule has 1 aliphatic rings. The van der Waals surface area contributed by atoms with E-state index in [9.17, 15) is 13.2 Å². The molecule has 1 fully saturated rings. The number of carbonyl (C=O) groups excluding carboxylic acids is 1. The van der Waals surface area contributed by atoms with Gasteiger partial charge in [0, 0.05) is 6.04 Å². The molecular formula is C20H22Cl2N2O3S. The fourth-order valence-corrected chi connectivity index (χ4v) is 5.73. The van der Waals surface area contributed by atoms with Crippen molar-refractivity contribution in [3.63, 3.8) is 0 Å². The lowest BCUT2D eigenvalue weighted by Gasteiger charge is -2.22. The summed E-state index contributed by atoms with van der Waals surface area (Å²) < 4.78 is 28.4. The Morgan fingerprint density at radius 3 is 2.21 bits per heavy atom. The summed E-state index contributed by atoms with van der Waals surface area (Å²) in [5.41, 5.74) is 0.849. The molecule has 28 heavy (non-hydrogen) atoms. The summed E-state index contributed by atoms with van der Waals surface area (Å²) in [6, 6.07) is 12.8. The fraction of sp³-hybridized carbons (Fsp3) is 0.350. The Morgan fingerprint density at radius 2 is 1.61 bits per heavy atom. The SMILES string of the molecule is O=C(NC1CCCC1)[C@@H](Cc1ccccc1)NS(=O)(=O)c1c(Cl)cccc1Cl. The van der Waals surface area contributed by atoms with Crippen LogP contribution < -0.4 is 10.0 Å². The first-order valence-corrected chi connectivity index (χ1v) is 11.4. The van der Waals surface area contributed by atoms with E-state index in [1.54, 1.807) is 6.07 Å². The van der Waals surface area contributed by atoms with E-state index in [1.807, 2.05) is 30.3 Å². The normalized spacial score (nSPS) is 16.1. The topological polar surface area (TPSA) is 75.3 Å². The lowest BCUT2D eigenvalue weighted by Crippen LogP contribution is -2.50. The molecular weight excluding hydrogens is 419 g/mol. The first kappa shape index (κ1) is 21.1. The van der Waals surface area contributed by atoms with E-state index < -0.39 is 16.1 Å². The number of amides is 1. The number of halogens is 2. The maximum absolute atomic E-state index is 13.0. The number of sulfonamides is 1. The number of rotatable bonds is 7. The van der Waals surface area contributed by atoms with Gasteiger partial charge in [-0.25, -0.2) is 8.42 Å². The Balaban J connectivity index is 1.86. The van der Waals surface area contributed by atoms with Crippen LogP contribution in [-0.4, -0.2) is 26.4 Å². The fourth-order valence-electron chi connectivity index (χ4n) is 3.40. The standard InChI is InChI=1S/C20H22Cl2N2O3S/c21-16-11-6-12-17(22)19(16)28(26,27)24-18(13-14-7-2-1-3-8-14)20(25)23-15-9-4-5-10-15/h1-3,6-8,11-12,15,18,24H,4-5,9-10,13H2,(H,23,25)/t18-/m1/s1. The van der Waals surface area contributed by atoms with Crippen LogP contribution in [0.1, 0.15) is 31.2 Å². The average molecular weight is 441 g/mol. The van der Waals surface area contributed by atoms with Crippen molar-refractivity contribution in [3.05, 3.63) is 64.1 Å². The van der Waals surface area contributed by atoms with Crippen LogP contribution in [0.5, 0.6) is 0 Å². The van der Waals surface area contributed by atoms with Crippen molar-refractivity contribution in [2.45, 2.75) is 49.1 Å². The number of carbonyl (C=O) groups is 1. The molecule has 3 rings (SSSR count). The van der Waals surface area contributed by atoms with Gasteiger partial charge in [-0.05, 0) is 37.0 Å². The summed E-state index contributed by atoms with van der Waals surface area (Å²) in [7, 11) is -4.09. The lowest BCUT2D eigenvalue weighted by molar-refractivity contribution is -0.123. The van der Waals surface area contributed by atoms with Gasteiger partial charge < -0.3 is 5.32 Å². The summed E-state index contributed by atoms with van der Waals surface area (Å²) in [5, 5.41) is 2.99. The van der Waals surface area contributed by atoms with E-state index in [2.05, 4.69) is 10.0 Å². The molecule has 1 saturated carbocycles. The van der Waals surface area contributed by atoms with E-state index in [0.717, 1.165) is 31.2 Å². The highest BCUT2D eigenvalue weighted by atomic mass is 35.5. The molecule has 150 valence electrons.